The minimum Gasteiger partial charge on any atom is -0.395 e. The number of carbonyl (C=O) groups is 1. The van der Waals surface area contributed by atoms with Gasteiger partial charge in [0.05, 0.1) is 24.0 Å². The van der Waals surface area contributed by atoms with E-state index >= 15 is 0 Å². The lowest BCUT2D eigenvalue weighted by atomic mass is 10.2. The van der Waals surface area contributed by atoms with Crippen molar-refractivity contribution >= 4 is 16.9 Å². The van der Waals surface area contributed by atoms with Crippen LogP contribution in [0.2, 0.25) is 0 Å². The van der Waals surface area contributed by atoms with Gasteiger partial charge in [-0.25, -0.2) is 4.98 Å². The van der Waals surface area contributed by atoms with Gasteiger partial charge < -0.3 is 15.4 Å². The third-order valence-electron chi connectivity index (χ3n) is 4.55. The number of aliphatic hydroxyl groups is 1. The topological polar surface area (TPSA) is 81.2 Å². The molecule has 1 unspecified atom stereocenters. The number of hydrogen-bond acceptors (Lipinski definition) is 4. The van der Waals surface area contributed by atoms with Crippen LogP contribution in [-0.4, -0.2) is 58.2 Å². The first-order valence-electron chi connectivity index (χ1n) is 8.34. The lowest BCUT2D eigenvalue weighted by Gasteiger charge is -2.22. The Balaban J connectivity index is 1.39. The lowest BCUT2D eigenvalue weighted by Crippen LogP contribution is -2.33. The molecular weight excluding hydrogens is 292 g/mol. The molecule has 1 aromatic carbocycles. The normalized spacial score (nSPS) is 18.6. The maximum atomic E-state index is 12.1. The van der Waals surface area contributed by atoms with Gasteiger partial charge in [0.2, 0.25) is 0 Å². The van der Waals surface area contributed by atoms with Gasteiger partial charge >= 0.3 is 0 Å². The minimum absolute atomic E-state index is 0.0455. The highest BCUT2D eigenvalue weighted by molar-refractivity contribution is 5.97. The molecule has 3 N–H and O–H groups in total. The largest absolute Gasteiger partial charge is 0.395 e. The van der Waals surface area contributed by atoms with E-state index in [0.717, 1.165) is 43.4 Å². The molecule has 0 saturated carbocycles. The van der Waals surface area contributed by atoms with E-state index < -0.39 is 0 Å². The van der Waals surface area contributed by atoms with Crippen LogP contribution in [0, 0.1) is 0 Å². The SMILES string of the molecule is O=C(NCCCCN1CCCC1CO)c1ccc2nc[nH]c2c1. The van der Waals surface area contributed by atoms with E-state index in [0.29, 0.717) is 18.2 Å². The van der Waals surface area contributed by atoms with Crippen molar-refractivity contribution in [2.45, 2.75) is 31.7 Å². The average Bonchev–Trinajstić information content (AvgIpc) is 3.22. The fraction of sp³-hybridized carbons (Fsp3) is 0.529. The minimum atomic E-state index is -0.0455. The summed E-state index contributed by atoms with van der Waals surface area (Å²) in [6.45, 7) is 3.02. The van der Waals surface area contributed by atoms with Crippen molar-refractivity contribution < 1.29 is 9.90 Å². The summed E-state index contributed by atoms with van der Waals surface area (Å²) in [5.74, 6) is -0.0455. The summed E-state index contributed by atoms with van der Waals surface area (Å²) >= 11 is 0. The number of aliphatic hydroxyl groups excluding tert-OH is 1. The molecule has 0 spiro atoms. The quantitative estimate of drug-likeness (QED) is 0.677. The van der Waals surface area contributed by atoms with Crippen molar-refractivity contribution in [1.82, 2.24) is 20.2 Å². The highest BCUT2D eigenvalue weighted by Crippen LogP contribution is 2.17. The summed E-state index contributed by atoms with van der Waals surface area (Å²) in [5.41, 5.74) is 2.40. The standard InChI is InChI=1S/C17H24N4O2/c22-11-14-4-3-9-21(14)8-2-1-7-18-17(23)13-5-6-15-16(10-13)20-12-19-15/h5-6,10,12,14,22H,1-4,7-9,11H2,(H,18,23)(H,19,20). The molecule has 1 atom stereocenters. The van der Waals surface area contributed by atoms with Crippen molar-refractivity contribution in [1.29, 1.82) is 0 Å². The number of carbonyl (C=O) groups excluding carboxylic acids is 1. The number of nitrogens with zero attached hydrogens (tertiary/aromatic N) is 2. The van der Waals surface area contributed by atoms with E-state index in [4.69, 9.17) is 0 Å². The van der Waals surface area contributed by atoms with E-state index in [-0.39, 0.29) is 12.5 Å². The number of fused-ring (bicyclic) bond motifs is 1. The van der Waals surface area contributed by atoms with Crippen molar-refractivity contribution in [3.63, 3.8) is 0 Å². The number of imidazole rings is 1. The number of nitrogens with one attached hydrogen (secondary N) is 2. The first kappa shape index (κ1) is 16.0. The van der Waals surface area contributed by atoms with Crippen LogP contribution in [0.4, 0.5) is 0 Å². The number of benzene rings is 1. The van der Waals surface area contributed by atoms with E-state index in [1.165, 1.54) is 6.42 Å². The number of H-pyrrole nitrogens is 1. The van der Waals surface area contributed by atoms with Gasteiger partial charge in [-0.05, 0) is 57.0 Å². The summed E-state index contributed by atoms with van der Waals surface area (Å²) in [5, 5.41) is 12.3. The first-order chi connectivity index (χ1) is 11.3. The maximum absolute atomic E-state index is 12.1. The van der Waals surface area contributed by atoms with Gasteiger partial charge in [0.1, 0.15) is 0 Å². The molecule has 23 heavy (non-hydrogen) atoms. The van der Waals surface area contributed by atoms with Crippen molar-refractivity contribution in [3.8, 4) is 0 Å². The zero-order valence-electron chi connectivity index (χ0n) is 13.3. The van der Waals surface area contributed by atoms with E-state index in [1.54, 1.807) is 12.4 Å². The predicted octanol–water partition coefficient (Wildman–Crippen LogP) is 1.53. The third-order valence-corrected chi connectivity index (χ3v) is 4.55. The number of hydrogen-bond donors (Lipinski definition) is 3. The monoisotopic (exact) mass is 316 g/mol. The van der Waals surface area contributed by atoms with E-state index in [1.807, 2.05) is 12.1 Å². The number of likely N-dealkylation sites (tertiary alicyclic amines) is 1. The molecule has 1 amide bonds. The number of aromatic amines is 1. The Morgan fingerprint density at radius 2 is 2.35 bits per heavy atom. The summed E-state index contributed by atoms with van der Waals surface area (Å²) in [6, 6.07) is 5.82. The van der Waals surface area contributed by atoms with E-state index in [9.17, 15) is 9.90 Å². The van der Waals surface area contributed by atoms with Gasteiger partial charge in [0.15, 0.2) is 0 Å². The van der Waals surface area contributed by atoms with Gasteiger partial charge in [-0.15, -0.1) is 0 Å². The van der Waals surface area contributed by atoms with Gasteiger partial charge in [-0.2, -0.15) is 0 Å². The molecule has 1 saturated heterocycles. The van der Waals surface area contributed by atoms with Crippen LogP contribution in [0.3, 0.4) is 0 Å². The molecule has 1 aliphatic heterocycles. The van der Waals surface area contributed by atoms with Crippen molar-refractivity contribution in [2.24, 2.45) is 0 Å². The Morgan fingerprint density at radius 1 is 1.43 bits per heavy atom. The zero-order chi connectivity index (χ0) is 16.1. The molecule has 6 heteroatoms. The van der Waals surface area contributed by atoms with Gasteiger partial charge in [0.25, 0.3) is 5.91 Å². The molecular formula is C17H24N4O2. The van der Waals surface area contributed by atoms with Crippen LogP contribution in [0.5, 0.6) is 0 Å². The zero-order valence-corrected chi connectivity index (χ0v) is 13.3. The summed E-state index contributed by atoms with van der Waals surface area (Å²) in [7, 11) is 0. The molecule has 1 fully saturated rings. The van der Waals surface area contributed by atoms with Crippen LogP contribution in [0.25, 0.3) is 11.0 Å². The highest BCUT2D eigenvalue weighted by Gasteiger charge is 2.22. The summed E-state index contributed by atoms with van der Waals surface area (Å²) < 4.78 is 0. The molecule has 1 aliphatic rings. The third kappa shape index (κ3) is 3.89. The fourth-order valence-electron chi connectivity index (χ4n) is 3.22. The molecule has 6 nitrogen and oxygen atoms in total. The van der Waals surface area contributed by atoms with E-state index in [2.05, 4.69) is 20.2 Å². The Bertz CT molecular complexity index is 655. The molecule has 0 aliphatic carbocycles. The average molecular weight is 316 g/mol. The predicted molar refractivity (Wildman–Crippen MR) is 89.3 cm³/mol. The molecule has 0 radical (unpaired) electrons. The number of rotatable bonds is 7. The highest BCUT2D eigenvalue weighted by atomic mass is 16.3. The van der Waals surface area contributed by atoms with Gasteiger partial charge in [0, 0.05) is 18.2 Å². The first-order valence-corrected chi connectivity index (χ1v) is 8.34. The molecule has 2 heterocycles. The van der Waals surface area contributed by atoms with Crippen LogP contribution in [0.1, 0.15) is 36.0 Å². The van der Waals surface area contributed by atoms with Crippen LogP contribution in [-0.2, 0) is 0 Å². The number of amides is 1. The number of unbranched alkanes of at least 4 members (excludes halogenated alkanes) is 1. The Morgan fingerprint density at radius 3 is 3.22 bits per heavy atom. The molecule has 3 rings (SSSR count). The summed E-state index contributed by atoms with van der Waals surface area (Å²) in [4.78, 5) is 21.7. The smallest absolute Gasteiger partial charge is 0.251 e. The van der Waals surface area contributed by atoms with Crippen LogP contribution in [0.15, 0.2) is 24.5 Å². The molecule has 2 aromatic rings. The molecule has 1 aromatic heterocycles. The van der Waals surface area contributed by atoms with Crippen LogP contribution >= 0.6 is 0 Å². The van der Waals surface area contributed by atoms with Crippen LogP contribution < -0.4 is 5.32 Å². The Kier molecular flexibility index (Phi) is 5.25. The second-order valence-corrected chi connectivity index (χ2v) is 6.11. The molecule has 124 valence electrons. The van der Waals surface area contributed by atoms with Gasteiger partial charge in [-0.3, -0.25) is 9.69 Å². The second-order valence-electron chi connectivity index (χ2n) is 6.11. The lowest BCUT2D eigenvalue weighted by molar-refractivity contribution is 0.0952. The van der Waals surface area contributed by atoms with Gasteiger partial charge in [-0.1, -0.05) is 0 Å². The number of aromatic nitrogens is 2. The van der Waals surface area contributed by atoms with Crippen molar-refractivity contribution in [3.05, 3.63) is 30.1 Å². The Labute approximate surface area is 135 Å². The molecule has 0 bridgehead atoms. The maximum Gasteiger partial charge on any atom is 0.251 e. The Hall–Kier alpha value is -1.92. The fourth-order valence-corrected chi connectivity index (χ4v) is 3.22. The second kappa shape index (κ2) is 7.57. The van der Waals surface area contributed by atoms with Crippen molar-refractivity contribution in [2.75, 3.05) is 26.2 Å². The summed E-state index contributed by atoms with van der Waals surface area (Å²) in [6.07, 6.45) is 5.90.